The van der Waals surface area contributed by atoms with Gasteiger partial charge in [0.2, 0.25) is 5.43 Å². The number of carbonyl (C=O) groups excluding carboxylic acids is 1. The summed E-state index contributed by atoms with van der Waals surface area (Å²) in [5.41, 5.74) is 4.68. The van der Waals surface area contributed by atoms with Gasteiger partial charge < -0.3 is 14.6 Å². The number of halogens is 1. The van der Waals surface area contributed by atoms with Gasteiger partial charge in [-0.15, -0.1) is 0 Å². The molecule has 5 aliphatic rings. The molecule has 2 unspecified atom stereocenters. The molecule has 1 N–H and O–H groups in total. The normalized spacial score (nSPS) is 30.6. The Labute approximate surface area is 247 Å². The minimum Gasteiger partial charge on any atom is -0.419 e. The van der Waals surface area contributed by atoms with E-state index in [2.05, 4.69) is 48.0 Å². The first-order valence-corrected chi connectivity index (χ1v) is 15.8. The molecule has 1 fully saturated rings. The summed E-state index contributed by atoms with van der Waals surface area (Å²) in [6.07, 6.45) is 10.1. The Hall–Kier alpha value is -3.05. The van der Waals surface area contributed by atoms with Crippen LogP contribution in [0, 0.1) is 11.8 Å². The summed E-state index contributed by atoms with van der Waals surface area (Å²) >= 11 is 6.35. The second-order valence-electron chi connectivity index (χ2n) is 13.3. The average Bonchev–Trinajstić information content (AvgIpc) is 3.24. The molecule has 1 spiro atoms. The highest BCUT2D eigenvalue weighted by Crippen LogP contribution is 2.56. The van der Waals surface area contributed by atoms with E-state index in [1.54, 1.807) is 0 Å². The fraction of sp³-hybridized carbons (Fsp3) is 0.486. The van der Waals surface area contributed by atoms with Crippen molar-refractivity contribution >= 4 is 23.3 Å². The molecule has 0 amide bonds. The molecule has 2 aromatic carbocycles. The van der Waals surface area contributed by atoms with Gasteiger partial charge in [-0.05, 0) is 110 Å². The van der Waals surface area contributed by atoms with Crippen molar-refractivity contribution in [1.29, 1.82) is 0 Å². The Balaban J connectivity index is 1.37. The summed E-state index contributed by atoms with van der Waals surface area (Å²) in [5, 5.41) is 4.19. The van der Waals surface area contributed by atoms with Gasteiger partial charge in [-0.2, -0.15) is 0 Å². The molecule has 1 aromatic heterocycles. The molecular formula is C35H39ClN2O3. The van der Waals surface area contributed by atoms with Crippen molar-refractivity contribution in [3.63, 3.8) is 0 Å². The highest BCUT2D eigenvalue weighted by atomic mass is 35.5. The summed E-state index contributed by atoms with van der Waals surface area (Å²) in [4.78, 5) is 28.2. The SMILES string of the molecule is CC1CCCc2c1c(=O)c1cn2C[C@H](C)CC2Cc3ccccc3C23CCC(Nc2cccc(Cl)c2)(CC3)C(=O)O1. The number of rotatable bonds is 2. The molecule has 3 aliphatic carbocycles. The van der Waals surface area contributed by atoms with Crippen LogP contribution in [0.4, 0.5) is 5.69 Å². The quantitative estimate of drug-likeness (QED) is 0.326. The highest BCUT2D eigenvalue weighted by molar-refractivity contribution is 6.30. The molecule has 3 atom stereocenters. The molecule has 6 heteroatoms. The van der Waals surface area contributed by atoms with E-state index in [9.17, 15) is 9.59 Å². The average molecular weight is 571 g/mol. The second-order valence-corrected chi connectivity index (χ2v) is 13.7. The summed E-state index contributed by atoms with van der Waals surface area (Å²) in [6, 6.07) is 16.5. The van der Waals surface area contributed by atoms with Gasteiger partial charge in [-0.3, -0.25) is 4.79 Å². The summed E-state index contributed by atoms with van der Waals surface area (Å²) < 4.78 is 8.45. The van der Waals surface area contributed by atoms with E-state index in [1.165, 1.54) is 11.1 Å². The molecule has 4 bridgehead atoms. The van der Waals surface area contributed by atoms with Crippen LogP contribution in [0.15, 0.2) is 59.5 Å². The van der Waals surface area contributed by atoms with E-state index in [-0.39, 0.29) is 28.5 Å². The first-order chi connectivity index (χ1) is 19.8. The van der Waals surface area contributed by atoms with Gasteiger partial charge in [-0.25, -0.2) is 4.79 Å². The van der Waals surface area contributed by atoms with Gasteiger partial charge in [0.25, 0.3) is 0 Å². The van der Waals surface area contributed by atoms with Gasteiger partial charge in [0.05, 0.1) is 6.20 Å². The van der Waals surface area contributed by atoms with Crippen LogP contribution in [0.1, 0.15) is 87.1 Å². The molecule has 1 saturated carbocycles. The van der Waals surface area contributed by atoms with Crippen molar-refractivity contribution in [3.8, 4) is 5.75 Å². The number of hydrogen-bond acceptors (Lipinski definition) is 4. The fourth-order valence-electron chi connectivity index (χ4n) is 8.73. The van der Waals surface area contributed by atoms with Gasteiger partial charge in [0, 0.05) is 28.5 Å². The second kappa shape index (κ2) is 10.0. The lowest BCUT2D eigenvalue weighted by molar-refractivity contribution is -0.141. The molecule has 5 nitrogen and oxygen atoms in total. The Morgan fingerprint density at radius 3 is 2.63 bits per heavy atom. The van der Waals surface area contributed by atoms with Crippen molar-refractivity contribution in [1.82, 2.24) is 4.57 Å². The molecule has 41 heavy (non-hydrogen) atoms. The minimum absolute atomic E-state index is 0.0412. The van der Waals surface area contributed by atoms with Gasteiger partial charge in [-0.1, -0.05) is 55.8 Å². The Bertz CT molecular complexity index is 1570. The Morgan fingerprint density at radius 2 is 1.83 bits per heavy atom. The lowest BCUT2D eigenvalue weighted by atomic mass is 9.59. The number of fused-ring (bicyclic) bond motifs is 7. The van der Waals surface area contributed by atoms with Crippen LogP contribution in [0.5, 0.6) is 5.75 Å². The van der Waals surface area contributed by atoms with Crippen molar-refractivity contribution in [2.24, 2.45) is 11.8 Å². The molecule has 0 radical (unpaired) electrons. The zero-order chi connectivity index (χ0) is 28.4. The lowest BCUT2D eigenvalue weighted by Crippen LogP contribution is -2.55. The maximum atomic E-state index is 14.3. The number of nitrogens with zero attached hydrogens (tertiary/aromatic N) is 1. The summed E-state index contributed by atoms with van der Waals surface area (Å²) in [7, 11) is 0. The van der Waals surface area contributed by atoms with Crippen molar-refractivity contribution in [2.45, 2.75) is 95.1 Å². The number of nitrogens with one attached hydrogen (secondary N) is 1. The van der Waals surface area contributed by atoms with E-state index in [4.69, 9.17) is 16.3 Å². The van der Waals surface area contributed by atoms with Crippen LogP contribution >= 0.6 is 11.6 Å². The largest absolute Gasteiger partial charge is 0.419 e. The monoisotopic (exact) mass is 570 g/mol. The van der Waals surface area contributed by atoms with Crippen molar-refractivity contribution in [3.05, 3.63) is 92.4 Å². The Morgan fingerprint density at radius 1 is 1.02 bits per heavy atom. The molecule has 214 valence electrons. The predicted molar refractivity (Wildman–Crippen MR) is 163 cm³/mol. The molecule has 0 saturated heterocycles. The number of anilines is 1. The van der Waals surface area contributed by atoms with Crippen molar-refractivity contribution in [2.75, 3.05) is 5.32 Å². The minimum atomic E-state index is -0.948. The summed E-state index contributed by atoms with van der Waals surface area (Å²) in [5.74, 6) is 0.908. The zero-order valence-corrected chi connectivity index (χ0v) is 24.8. The number of ether oxygens (including phenoxy) is 1. The number of pyridine rings is 1. The number of carbonyl (C=O) groups is 1. The predicted octanol–water partition coefficient (Wildman–Crippen LogP) is 7.42. The standard InChI is InChI=1S/C35H39ClN2O3/c1-22-17-25-18-24-8-3-4-11-28(24)34(25)13-15-35(16-14-34,37-27-10-6-9-26(36)19-27)33(40)41-30-21-38(20-22)29-12-5-7-23(2)31(29)32(30)39/h3-4,6,8-11,19,21-23,25,37H,5,7,12-18,20H2,1-2H3/t22-,23?,25?,34?,35?/m1/s1. The van der Waals surface area contributed by atoms with Crippen LogP contribution in [0.2, 0.25) is 5.02 Å². The van der Waals surface area contributed by atoms with Crippen LogP contribution in [0.3, 0.4) is 0 Å². The third kappa shape index (κ3) is 4.43. The van der Waals surface area contributed by atoms with Crippen LogP contribution in [0.25, 0.3) is 0 Å². The summed E-state index contributed by atoms with van der Waals surface area (Å²) in [6.45, 7) is 5.32. The number of hydrogen-bond donors (Lipinski definition) is 1. The fourth-order valence-corrected chi connectivity index (χ4v) is 8.92. The van der Waals surface area contributed by atoms with Crippen LogP contribution in [-0.2, 0) is 29.6 Å². The molecular weight excluding hydrogens is 532 g/mol. The van der Waals surface area contributed by atoms with E-state index in [1.807, 2.05) is 30.5 Å². The van der Waals surface area contributed by atoms with E-state index >= 15 is 0 Å². The molecule has 3 heterocycles. The number of benzene rings is 2. The van der Waals surface area contributed by atoms with Gasteiger partial charge >= 0.3 is 5.97 Å². The van der Waals surface area contributed by atoms with Gasteiger partial charge in [0.1, 0.15) is 5.54 Å². The third-order valence-corrected chi connectivity index (χ3v) is 11.0. The highest BCUT2D eigenvalue weighted by Gasteiger charge is 2.54. The molecule has 2 aliphatic heterocycles. The third-order valence-electron chi connectivity index (χ3n) is 10.7. The van der Waals surface area contributed by atoms with Gasteiger partial charge in [0.15, 0.2) is 5.75 Å². The van der Waals surface area contributed by atoms with E-state index in [0.717, 1.165) is 68.4 Å². The smallest absolute Gasteiger partial charge is 0.337 e. The van der Waals surface area contributed by atoms with Crippen LogP contribution < -0.4 is 15.5 Å². The molecule has 3 aromatic rings. The lowest BCUT2D eigenvalue weighted by Gasteiger charge is -2.47. The maximum absolute atomic E-state index is 14.3. The first-order valence-electron chi connectivity index (χ1n) is 15.4. The number of esters is 1. The van der Waals surface area contributed by atoms with Crippen LogP contribution in [-0.4, -0.2) is 16.1 Å². The first kappa shape index (κ1) is 26.8. The Kier molecular flexibility index (Phi) is 6.57. The van der Waals surface area contributed by atoms with E-state index in [0.29, 0.717) is 29.7 Å². The van der Waals surface area contributed by atoms with Crippen molar-refractivity contribution < 1.29 is 9.53 Å². The number of aromatic nitrogens is 1. The molecule has 8 rings (SSSR count). The zero-order valence-electron chi connectivity index (χ0n) is 24.0. The maximum Gasteiger partial charge on any atom is 0.337 e. The van der Waals surface area contributed by atoms with E-state index < -0.39 is 5.54 Å². The topological polar surface area (TPSA) is 60.3 Å².